The van der Waals surface area contributed by atoms with E-state index in [0.717, 1.165) is 16.2 Å². The summed E-state index contributed by atoms with van der Waals surface area (Å²) >= 11 is 1.59. The number of nitrogens with zero attached hydrogens (tertiary/aromatic N) is 3. The molecule has 3 aromatic rings. The molecule has 1 amide bonds. The molecule has 1 atom stereocenters. The maximum atomic E-state index is 13.3. The van der Waals surface area contributed by atoms with Crippen molar-refractivity contribution in [3.8, 4) is 0 Å². The van der Waals surface area contributed by atoms with Crippen LogP contribution in [-0.4, -0.2) is 21.6 Å². The summed E-state index contributed by atoms with van der Waals surface area (Å²) in [5.74, 6) is -0.514. The Labute approximate surface area is 148 Å². The first-order chi connectivity index (χ1) is 12.2. The number of hydrogen-bond acceptors (Lipinski definition) is 4. The Morgan fingerprint density at radius 1 is 1.16 bits per heavy atom. The van der Waals surface area contributed by atoms with Gasteiger partial charge < -0.3 is 0 Å². The van der Waals surface area contributed by atoms with E-state index in [4.69, 9.17) is 0 Å². The fraction of sp³-hybridized carbons (Fsp3) is 0.105. The van der Waals surface area contributed by atoms with E-state index in [1.807, 2.05) is 17.5 Å². The molecule has 4 nitrogen and oxygen atoms in total. The van der Waals surface area contributed by atoms with Gasteiger partial charge in [-0.1, -0.05) is 18.2 Å². The van der Waals surface area contributed by atoms with E-state index >= 15 is 0 Å². The summed E-state index contributed by atoms with van der Waals surface area (Å²) in [6.45, 7) is 0. The molecular weight excluding hydrogens is 337 g/mol. The Balaban J connectivity index is 1.72. The van der Waals surface area contributed by atoms with E-state index in [-0.39, 0.29) is 17.8 Å². The number of hydrazone groups is 1. The summed E-state index contributed by atoms with van der Waals surface area (Å²) < 4.78 is 13.3. The maximum Gasteiger partial charge on any atom is 0.276 e. The molecule has 0 bridgehead atoms. The van der Waals surface area contributed by atoms with Gasteiger partial charge in [-0.15, -0.1) is 11.3 Å². The zero-order valence-corrected chi connectivity index (χ0v) is 14.0. The number of rotatable bonds is 3. The lowest BCUT2D eigenvalue weighted by Gasteiger charge is -2.22. The van der Waals surface area contributed by atoms with Crippen molar-refractivity contribution in [1.29, 1.82) is 0 Å². The van der Waals surface area contributed by atoms with Crippen LogP contribution in [0.4, 0.5) is 4.39 Å². The fourth-order valence-corrected chi connectivity index (χ4v) is 3.58. The summed E-state index contributed by atoms with van der Waals surface area (Å²) in [6.07, 6.45) is 3.75. The second-order valence-electron chi connectivity index (χ2n) is 5.69. The summed E-state index contributed by atoms with van der Waals surface area (Å²) in [5.41, 5.74) is 2.20. The predicted octanol–water partition coefficient (Wildman–Crippen LogP) is 4.27. The molecule has 2 aromatic heterocycles. The topological polar surface area (TPSA) is 45.6 Å². The van der Waals surface area contributed by atoms with Crippen molar-refractivity contribution in [2.24, 2.45) is 5.10 Å². The van der Waals surface area contributed by atoms with Crippen LogP contribution >= 0.6 is 11.3 Å². The van der Waals surface area contributed by atoms with Crippen LogP contribution in [0.2, 0.25) is 0 Å². The number of amides is 1. The van der Waals surface area contributed by atoms with Gasteiger partial charge in [0.05, 0.1) is 22.2 Å². The number of carbonyl (C=O) groups is 1. The van der Waals surface area contributed by atoms with Crippen LogP contribution < -0.4 is 0 Å². The third-order valence-corrected chi connectivity index (χ3v) is 5.01. The van der Waals surface area contributed by atoms with Crippen LogP contribution in [0.15, 0.2) is 71.4 Å². The van der Waals surface area contributed by atoms with Crippen LogP contribution in [0.5, 0.6) is 0 Å². The van der Waals surface area contributed by atoms with Crippen LogP contribution in [0.3, 0.4) is 0 Å². The fourth-order valence-electron chi connectivity index (χ4n) is 2.86. The van der Waals surface area contributed by atoms with Crippen molar-refractivity contribution >= 4 is 23.0 Å². The Kier molecular flexibility index (Phi) is 4.11. The van der Waals surface area contributed by atoms with Gasteiger partial charge in [0.25, 0.3) is 5.91 Å². The second-order valence-corrected chi connectivity index (χ2v) is 6.63. The van der Waals surface area contributed by atoms with E-state index in [1.165, 1.54) is 23.3 Å². The van der Waals surface area contributed by atoms with Crippen molar-refractivity contribution in [2.45, 2.75) is 12.5 Å². The molecule has 0 saturated carbocycles. The summed E-state index contributed by atoms with van der Waals surface area (Å²) in [4.78, 5) is 18.0. The number of carbonyl (C=O) groups excluding carboxylic acids is 1. The van der Waals surface area contributed by atoms with Crippen molar-refractivity contribution in [2.75, 3.05) is 0 Å². The third kappa shape index (κ3) is 3.08. The highest BCUT2D eigenvalue weighted by Gasteiger charge is 2.34. The standard InChI is InChI=1S/C19H14FN3OS/c20-15-7-5-13(6-8-15)17-11-16(18-4-2-10-25-18)22-23(17)19(24)14-3-1-9-21-12-14/h1-10,12,17H,11H2/t17-/m0/s1. The zero-order chi connectivity index (χ0) is 17.2. The Morgan fingerprint density at radius 2 is 2.00 bits per heavy atom. The van der Waals surface area contributed by atoms with Crippen molar-refractivity contribution in [1.82, 2.24) is 9.99 Å². The molecule has 0 spiro atoms. The molecule has 4 rings (SSSR count). The van der Waals surface area contributed by atoms with Crippen molar-refractivity contribution in [3.63, 3.8) is 0 Å². The molecule has 0 fully saturated rings. The minimum Gasteiger partial charge on any atom is -0.267 e. The highest BCUT2D eigenvalue weighted by molar-refractivity contribution is 7.12. The number of thiophene rings is 1. The number of aromatic nitrogens is 1. The first-order valence-electron chi connectivity index (χ1n) is 7.83. The third-order valence-electron chi connectivity index (χ3n) is 4.09. The molecule has 0 aliphatic carbocycles. The van der Waals surface area contributed by atoms with Gasteiger partial charge in [-0.3, -0.25) is 9.78 Å². The summed E-state index contributed by atoms with van der Waals surface area (Å²) in [6, 6.07) is 13.4. The first kappa shape index (κ1) is 15.7. The molecule has 124 valence electrons. The Hall–Kier alpha value is -2.86. The molecule has 6 heteroatoms. The van der Waals surface area contributed by atoms with Crippen LogP contribution in [0.25, 0.3) is 0 Å². The summed E-state index contributed by atoms with van der Waals surface area (Å²) in [7, 11) is 0. The van der Waals surface area contributed by atoms with Crippen molar-refractivity contribution in [3.05, 3.63) is 88.1 Å². The molecule has 1 aromatic carbocycles. The van der Waals surface area contributed by atoms with E-state index < -0.39 is 0 Å². The molecule has 1 aliphatic heterocycles. The average molecular weight is 351 g/mol. The largest absolute Gasteiger partial charge is 0.276 e. The SMILES string of the molecule is O=C(c1cccnc1)N1N=C(c2cccs2)C[C@H]1c1ccc(F)cc1. The number of halogens is 1. The highest BCUT2D eigenvalue weighted by Crippen LogP contribution is 2.34. The number of benzene rings is 1. The Bertz CT molecular complexity index is 908. The van der Waals surface area contributed by atoms with Gasteiger partial charge in [-0.05, 0) is 41.3 Å². The van der Waals surface area contributed by atoms with Crippen LogP contribution in [0.1, 0.15) is 33.3 Å². The van der Waals surface area contributed by atoms with Gasteiger partial charge in [0.1, 0.15) is 5.82 Å². The van der Waals surface area contributed by atoms with Gasteiger partial charge in [0.15, 0.2) is 0 Å². The van der Waals surface area contributed by atoms with Crippen LogP contribution in [0, 0.1) is 5.82 Å². The number of hydrogen-bond donors (Lipinski definition) is 0. The normalized spacial score (nSPS) is 16.8. The molecule has 0 N–H and O–H groups in total. The van der Waals surface area contributed by atoms with Gasteiger partial charge in [0.2, 0.25) is 0 Å². The monoisotopic (exact) mass is 351 g/mol. The lowest BCUT2D eigenvalue weighted by atomic mass is 10.0. The highest BCUT2D eigenvalue weighted by atomic mass is 32.1. The Morgan fingerprint density at radius 3 is 2.68 bits per heavy atom. The van der Waals surface area contributed by atoms with E-state index in [1.54, 1.807) is 41.8 Å². The minimum atomic E-state index is -0.300. The molecule has 25 heavy (non-hydrogen) atoms. The molecule has 3 heterocycles. The second kappa shape index (κ2) is 6.57. The van der Waals surface area contributed by atoms with Gasteiger partial charge in [-0.2, -0.15) is 5.10 Å². The molecular formula is C19H14FN3OS. The number of pyridine rings is 1. The summed E-state index contributed by atoms with van der Waals surface area (Å²) in [5, 5.41) is 8.04. The quantitative estimate of drug-likeness (QED) is 0.707. The first-order valence-corrected chi connectivity index (χ1v) is 8.71. The smallest absolute Gasteiger partial charge is 0.267 e. The minimum absolute atomic E-state index is 0.214. The predicted molar refractivity (Wildman–Crippen MR) is 95.0 cm³/mol. The van der Waals surface area contributed by atoms with E-state index in [9.17, 15) is 9.18 Å². The van der Waals surface area contributed by atoms with Gasteiger partial charge >= 0.3 is 0 Å². The van der Waals surface area contributed by atoms with Crippen LogP contribution in [-0.2, 0) is 0 Å². The lowest BCUT2D eigenvalue weighted by Crippen LogP contribution is -2.27. The van der Waals surface area contributed by atoms with Gasteiger partial charge in [-0.25, -0.2) is 9.40 Å². The molecule has 0 saturated heterocycles. The lowest BCUT2D eigenvalue weighted by molar-refractivity contribution is 0.0710. The van der Waals surface area contributed by atoms with E-state index in [2.05, 4.69) is 10.1 Å². The molecule has 1 aliphatic rings. The molecule has 0 radical (unpaired) electrons. The van der Waals surface area contributed by atoms with Crippen molar-refractivity contribution < 1.29 is 9.18 Å². The zero-order valence-electron chi connectivity index (χ0n) is 13.2. The molecule has 0 unspecified atom stereocenters. The van der Waals surface area contributed by atoms with E-state index in [0.29, 0.717) is 12.0 Å². The average Bonchev–Trinajstić information content (AvgIpc) is 3.32. The van der Waals surface area contributed by atoms with Gasteiger partial charge in [0, 0.05) is 18.8 Å². The maximum absolute atomic E-state index is 13.3.